The molecule has 0 fully saturated rings. The predicted molar refractivity (Wildman–Crippen MR) is 77.4 cm³/mol. The van der Waals surface area contributed by atoms with E-state index >= 15 is 0 Å². The van der Waals surface area contributed by atoms with Crippen LogP contribution in [0.3, 0.4) is 0 Å². The third kappa shape index (κ3) is 2.55. The molecular formula is C13H10ClN5O. The van der Waals surface area contributed by atoms with E-state index in [9.17, 15) is 4.79 Å². The summed E-state index contributed by atoms with van der Waals surface area (Å²) in [6.45, 7) is 0. The van der Waals surface area contributed by atoms with Gasteiger partial charge in [-0.3, -0.25) is 0 Å². The van der Waals surface area contributed by atoms with Gasteiger partial charge in [-0.05, 0) is 36.4 Å². The Morgan fingerprint density at radius 2 is 1.95 bits per heavy atom. The lowest BCUT2D eigenvalue weighted by molar-refractivity contribution is 0.260. The first kappa shape index (κ1) is 12.4. The van der Waals surface area contributed by atoms with Gasteiger partial charge in [-0.2, -0.15) is 0 Å². The van der Waals surface area contributed by atoms with E-state index in [0.717, 1.165) is 0 Å². The second-order valence-corrected chi connectivity index (χ2v) is 4.47. The molecule has 1 aromatic carbocycles. The Morgan fingerprint density at radius 1 is 1.15 bits per heavy atom. The second kappa shape index (κ2) is 5.18. The van der Waals surface area contributed by atoms with Crippen molar-refractivity contribution in [2.75, 3.05) is 10.7 Å². The van der Waals surface area contributed by atoms with Crippen LogP contribution in [0.4, 0.5) is 10.5 Å². The molecule has 0 bridgehead atoms. The highest BCUT2D eigenvalue weighted by molar-refractivity contribution is 6.30. The summed E-state index contributed by atoms with van der Waals surface area (Å²) in [6.07, 6.45) is 3.14. The monoisotopic (exact) mass is 287 g/mol. The van der Waals surface area contributed by atoms with Crippen LogP contribution < -0.4 is 10.7 Å². The molecule has 0 saturated heterocycles. The molecule has 0 saturated carbocycles. The first-order valence-electron chi connectivity index (χ1n) is 5.84. The molecule has 2 N–H and O–H groups in total. The molecule has 6 nitrogen and oxygen atoms in total. The van der Waals surface area contributed by atoms with E-state index in [0.29, 0.717) is 21.9 Å². The van der Waals surface area contributed by atoms with Gasteiger partial charge < -0.3 is 5.32 Å². The van der Waals surface area contributed by atoms with Gasteiger partial charge in [-0.15, -0.1) is 0 Å². The summed E-state index contributed by atoms with van der Waals surface area (Å²) in [5, 5.41) is 3.30. The summed E-state index contributed by atoms with van der Waals surface area (Å²) in [7, 11) is 0. The summed E-state index contributed by atoms with van der Waals surface area (Å²) >= 11 is 5.78. The van der Waals surface area contributed by atoms with E-state index in [1.54, 1.807) is 36.5 Å². The molecule has 2 amide bonds. The minimum atomic E-state index is -0.391. The number of carbonyl (C=O) groups excluding carboxylic acids is 1. The van der Waals surface area contributed by atoms with Crippen LogP contribution in [0, 0.1) is 0 Å². The minimum absolute atomic E-state index is 0.391. The average molecular weight is 288 g/mol. The van der Waals surface area contributed by atoms with Gasteiger partial charge in [0, 0.05) is 16.9 Å². The summed E-state index contributed by atoms with van der Waals surface area (Å²) in [4.78, 5) is 20.2. The van der Waals surface area contributed by atoms with Crippen molar-refractivity contribution in [3.63, 3.8) is 0 Å². The lowest BCUT2D eigenvalue weighted by atomic mass is 10.3. The SMILES string of the molecule is O=C(Nc1ccc(Cl)cc1)Nn1cnc2cccnc21. The van der Waals surface area contributed by atoms with Gasteiger partial charge in [0.05, 0.1) is 0 Å². The van der Waals surface area contributed by atoms with Crippen molar-refractivity contribution < 1.29 is 4.79 Å². The molecule has 100 valence electrons. The predicted octanol–water partition coefficient (Wildman–Crippen LogP) is 2.86. The maximum atomic E-state index is 11.9. The molecule has 3 aromatic rings. The first-order valence-corrected chi connectivity index (χ1v) is 6.22. The van der Waals surface area contributed by atoms with Crippen molar-refractivity contribution in [2.24, 2.45) is 0 Å². The van der Waals surface area contributed by atoms with Crippen LogP contribution in [0.2, 0.25) is 5.02 Å². The molecular weight excluding hydrogens is 278 g/mol. The molecule has 20 heavy (non-hydrogen) atoms. The number of urea groups is 1. The fourth-order valence-corrected chi connectivity index (χ4v) is 1.86. The molecule has 3 rings (SSSR count). The molecule has 0 atom stereocenters. The molecule has 2 aromatic heterocycles. The van der Waals surface area contributed by atoms with Gasteiger partial charge in [-0.25, -0.2) is 24.9 Å². The summed E-state index contributed by atoms with van der Waals surface area (Å²) in [5.74, 6) is 0. The molecule has 0 aliphatic carbocycles. The number of pyridine rings is 1. The smallest absolute Gasteiger partial charge is 0.307 e. The quantitative estimate of drug-likeness (QED) is 0.761. The number of anilines is 1. The van der Waals surface area contributed by atoms with Crippen LogP contribution in [0.1, 0.15) is 0 Å². The van der Waals surface area contributed by atoms with E-state index in [1.807, 2.05) is 6.07 Å². The highest BCUT2D eigenvalue weighted by atomic mass is 35.5. The average Bonchev–Trinajstić information content (AvgIpc) is 2.85. The minimum Gasteiger partial charge on any atom is -0.307 e. The van der Waals surface area contributed by atoms with Crippen molar-refractivity contribution in [3.8, 4) is 0 Å². The molecule has 0 aliphatic rings. The zero-order chi connectivity index (χ0) is 13.9. The number of hydrogen-bond donors (Lipinski definition) is 2. The standard InChI is InChI=1S/C13H10ClN5O/c14-9-3-5-10(6-4-9)17-13(20)18-19-8-16-11-2-1-7-15-12(11)19/h1-8H,(H2,17,18,20). The molecule has 2 heterocycles. The van der Waals surface area contributed by atoms with Gasteiger partial charge in [0.1, 0.15) is 11.8 Å². The van der Waals surface area contributed by atoms with Crippen molar-refractivity contribution in [1.29, 1.82) is 0 Å². The van der Waals surface area contributed by atoms with Gasteiger partial charge in [0.2, 0.25) is 0 Å². The molecule has 0 unspecified atom stereocenters. The maximum Gasteiger partial charge on any atom is 0.338 e. The molecule has 0 aliphatic heterocycles. The Hall–Kier alpha value is -2.60. The molecule has 7 heteroatoms. The lowest BCUT2D eigenvalue weighted by Gasteiger charge is -2.08. The van der Waals surface area contributed by atoms with Crippen LogP contribution in [-0.2, 0) is 0 Å². The van der Waals surface area contributed by atoms with Gasteiger partial charge >= 0.3 is 6.03 Å². The zero-order valence-electron chi connectivity index (χ0n) is 10.2. The Bertz CT molecular complexity index is 753. The number of amides is 2. The number of imidazole rings is 1. The van der Waals surface area contributed by atoms with Crippen molar-refractivity contribution >= 4 is 34.5 Å². The number of fused-ring (bicyclic) bond motifs is 1. The highest BCUT2D eigenvalue weighted by Gasteiger charge is 2.06. The summed E-state index contributed by atoms with van der Waals surface area (Å²) in [5.41, 5.74) is 4.57. The van der Waals surface area contributed by atoms with Crippen molar-refractivity contribution in [2.45, 2.75) is 0 Å². The number of rotatable bonds is 2. The number of aromatic nitrogens is 3. The fourth-order valence-electron chi connectivity index (χ4n) is 1.73. The van der Waals surface area contributed by atoms with Crippen LogP contribution in [-0.4, -0.2) is 20.7 Å². The fraction of sp³-hybridized carbons (Fsp3) is 0. The van der Waals surface area contributed by atoms with E-state index in [-0.39, 0.29) is 0 Å². The number of hydrogen-bond acceptors (Lipinski definition) is 3. The number of halogens is 1. The molecule has 0 radical (unpaired) electrons. The van der Waals surface area contributed by atoms with Crippen LogP contribution in [0.25, 0.3) is 11.2 Å². The van der Waals surface area contributed by atoms with Crippen molar-refractivity contribution in [3.05, 3.63) is 53.9 Å². The summed E-state index contributed by atoms with van der Waals surface area (Å²) < 4.78 is 1.46. The second-order valence-electron chi connectivity index (χ2n) is 4.03. The van der Waals surface area contributed by atoms with E-state index in [4.69, 9.17) is 11.6 Å². The van der Waals surface area contributed by atoms with Gasteiger partial charge in [-0.1, -0.05) is 11.6 Å². The molecule has 0 spiro atoms. The number of nitrogens with zero attached hydrogens (tertiary/aromatic N) is 3. The van der Waals surface area contributed by atoms with Gasteiger partial charge in [0.25, 0.3) is 0 Å². The maximum absolute atomic E-state index is 11.9. The zero-order valence-corrected chi connectivity index (χ0v) is 11.0. The van der Waals surface area contributed by atoms with E-state index in [2.05, 4.69) is 20.7 Å². The van der Waals surface area contributed by atoms with Crippen LogP contribution in [0.5, 0.6) is 0 Å². The topological polar surface area (TPSA) is 71.8 Å². The normalized spacial score (nSPS) is 10.4. The third-order valence-corrected chi connectivity index (χ3v) is 2.88. The lowest BCUT2D eigenvalue weighted by Crippen LogP contribution is -2.27. The van der Waals surface area contributed by atoms with Crippen LogP contribution >= 0.6 is 11.6 Å². The third-order valence-electron chi connectivity index (χ3n) is 2.63. The van der Waals surface area contributed by atoms with Crippen LogP contribution in [0.15, 0.2) is 48.9 Å². The Morgan fingerprint density at radius 3 is 2.75 bits per heavy atom. The Kier molecular flexibility index (Phi) is 3.22. The number of carbonyl (C=O) groups is 1. The first-order chi connectivity index (χ1) is 9.72. The Balaban J connectivity index is 1.74. The Labute approximate surface area is 119 Å². The number of benzene rings is 1. The van der Waals surface area contributed by atoms with Crippen molar-refractivity contribution in [1.82, 2.24) is 14.6 Å². The van der Waals surface area contributed by atoms with Gasteiger partial charge in [0.15, 0.2) is 5.65 Å². The largest absolute Gasteiger partial charge is 0.338 e. The summed E-state index contributed by atoms with van der Waals surface area (Å²) in [6, 6.07) is 10.0. The number of nitrogens with one attached hydrogen (secondary N) is 2. The highest BCUT2D eigenvalue weighted by Crippen LogP contribution is 2.13. The van der Waals surface area contributed by atoms with E-state index in [1.165, 1.54) is 11.0 Å². The van der Waals surface area contributed by atoms with E-state index < -0.39 is 6.03 Å².